The zero-order valence-corrected chi connectivity index (χ0v) is 19.9. The summed E-state index contributed by atoms with van der Waals surface area (Å²) in [5, 5.41) is 5.53. The van der Waals surface area contributed by atoms with E-state index in [1.807, 2.05) is 49.5 Å². The van der Waals surface area contributed by atoms with Crippen LogP contribution in [0.4, 0.5) is 0 Å². The summed E-state index contributed by atoms with van der Waals surface area (Å²) < 4.78 is 5.81. The normalized spacial score (nSPS) is 10.9. The summed E-state index contributed by atoms with van der Waals surface area (Å²) >= 11 is 1.79. The SMILES string of the molecule is CN=C(NCc1ccnc(OCc2ccccc2)c1)N(C)CCc1cccs1.I. The third-order valence-corrected chi connectivity index (χ3v) is 5.26. The Bertz CT molecular complexity index is 872. The second kappa shape index (κ2) is 12.4. The first-order valence-corrected chi connectivity index (χ1v) is 10.2. The molecular formula is C22H27IN4OS. The van der Waals surface area contributed by atoms with Gasteiger partial charge in [0.25, 0.3) is 0 Å². The van der Waals surface area contributed by atoms with Crippen LogP contribution < -0.4 is 10.1 Å². The van der Waals surface area contributed by atoms with Crippen molar-refractivity contribution in [3.63, 3.8) is 0 Å². The molecule has 0 aliphatic heterocycles. The fraction of sp³-hybridized carbons (Fsp3) is 0.273. The van der Waals surface area contributed by atoms with E-state index in [0.717, 1.165) is 30.1 Å². The van der Waals surface area contributed by atoms with Crippen molar-refractivity contribution in [3.05, 3.63) is 82.2 Å². The summed E-state index contributed by atoms with van der Waals surface area (Å²) in [5.74, 6) is 1.50. The molecule has 0 radical (unpaired) electrons. The van der Waals surface area contributed by atoms with Crippen LogP contribution in [-0.2, 0) is 19.6 Å². The van der Waals surface area contributed by atoms with Crippen LogP contribution >= 0.6 is 35.3 Å². The second-order valence-corrected chi connectivity index (χ2v) is 7.46. The molecule has 154 valence electrons. The van der Waals surface area contributed by atoms with Crippen molar-refractivity contribution in [2.45, 2.75) is 19.6 Å². The zero-order valence-electron chi connectivity index (χ0n) is 16.7. The number of aliphatic imine (C=N–C) groups is 1. The molecule has 5 nitrogen and oxygen atoms in total. The number of likely N-dealkylation sites (N-methyl/N-ethyl adjacent to an activating group) is 1. The fourth-order valence-corrected chi connectivity index (χ4v) is 3.47. The van der Waals surface area contributed by atoms with E-state index in [0.29, 0.717) is 19.0 Å². The summed E-state index contributed by atoms with van der Waals surface area (Å²) in [5.41, 5.74) is 2.23. The number of ether oxygens (including phenoxy) is 1. The third-order valence-electron chi connectivity index (χ3n) is 4.33. The molecule has 0 aliphatic carbocycles. The molecule has 0 aliphatic rings. The van der Waals surface area contributed by atoms with Crippen molar-refractivity contribution in [2.24, 2.45) is 4.99 Å². The standard InChI is InChI=1S/C22H26N4OS.HI/c1-23-22(26(2)13-11-20-9-6-14-28-20)25-16-19-10-12-24-21(15-19)27-17-18-7-4-3-5-8-18;/h3-10,12,14-15H,11,13,16-17H2,1-2H3,(H,23,25);1H. The van der Waals surface area contributed by atoms with Gasteiger partial charge in [0.15, 0.2) is 5.96 Å². The number of rotatable bonds is 8. The summed E-state index contributed by atoms with van der Waals surface area (Å²) in [6, 6.07) is 18.3. The Balaban J connectivity index is 0.00000300. The Morgan fingerprint density at radius 3 is 2.69 bits per heavy atom. The number of halogens is 1. The summed E-state index contributed by atoms with van der Waals surface area (Å²) in [6.07, 6.45) is 2.79. The quantitative estimate of drug-likeness (QED) is 0.267. The summed E-state index contributed by atoms with van der Waals surface area (Å²) in [4.78, 5) is 12.2. The van der Waals surface area contributed by atoms with E-state index in [1.165, 1.54) is 4.88 Å². The summed E-state index contributed by atoms with van der Waals surface area (Å²) in [7, 11) is 3.87. The average molecular weight is 522 g/mol. The van der Waals surface area contributed by atoms with Gasteiger partial charge >= 0.3 is 0 Å². The van der Waals surface area contributed by atoms with E-state index >= 15 is 0 Å². The number of aromatic nitrogens is 1. The topological polar surface area (TPSA) is 49.8 Å². The number of hydrogen-bond acceptors (Lipinski definition) is 4. The first kappa shape index (κ1) is 23.2. The molecule has 0 amide bonds. The second-order valence-electron chi connectivity index (χ2n) is 6.43. The molecule has 29 heavy (non-hydrogen) atoms. The Labute approximate surface area is 193 Å². The van der Waals surface area contributed by atoms with Crippen LogP contribution in [0.1, 0.15) is 16.0 Å². The highest BCUT2D eigenvalue weighted by molar-refractivity contribution is 14.0. The Hall–Kier alpha value is -2.13. The van der Waals surface area contributed by atoms with Gasteiger partial charge in [-0.15, -0.1) is 35.3 Å². The van der Waals surface area contributed by atoms with Crippen molar-refractivity contribution >= 4 is 41.3 Å². The molecule has 2 aromatic heterocycles. The molecule has 1 aromatic carbocycles. The highest BCUT2D eigenvalue weighted by atomic mass is 127. The van der Waals surface area contributed by atoms with Crippen molar-refractivity contribution in [1.29, 1.82) is 0 Å². The van der Waals surface area contributed by atoms with Crippen molar-refractivity contribution in [1.82, 2.24) is 15.2 Å². The number of hydrogen-bond donors (Lipinski definition) is 1. The van der Waals surface area contributed by atoms with Gasteiger partial charge in [0.05, 0.1) is 0 Å². The maximum Gasteiger partial charge on any atom is 0.213 e. The molecule has 2 heterocycles. The number of thiophene rings is 1. The van der Waals surface area contributed by atoms with Crippen LogP contribution in [0.15, 0.2) is 71.2 Å². The molecule has 0 saturated carbocycles. The van der Waals surface area contributed by atoms with Gasteiger partial charge in [-0.05, 0) is 35.1 Å². The minimum atomic E-state index is 0. The number of nitrogens with one attached hydrogen (secondary N) is 1. The number of guanidine groups is 1. The largest absolute Gasteiger partial charge is 0.473 e. The first-order valence-electron chi connectivity index (χ1n) is 9.30. The Morgan fingerprint density at radius 2 is 1.97 bits per heavy atom. The average Bonchev–Trinajstić information content (AvgIpc) is 3.26. The molecule has 0 saturated heterocycles. The van der Waals surface area contributed by atoms with E-state index in [-0.39, 0.29) is 24.0 Å². The van der Waals surface area contributed by atoms with Crippen LogP contribution in [0.25, 0.3) is 0 Å². The van der Waals surface area contributed by atoms with Crippen LogP contribution in [0.3, 0.4) is 0 Å². The van der Waals surface area contributed by atoms with Crippen molar-refractivity contribution in [3.8, 4) is 5.88 Å². The molecule has 3 rings (SSSR count). The predicted molar refractivity (Wildman–Crippen MR) is 131 cm³/mol. The van der Waals surface area contributed by atoms with E-state index in [1.54, 1.807) is 17.5 Å². The summed E-state index contributed by atoms with van der Waals surface area (Å²) in [6.45, 7) is 2.10. The molecule has 0 spiro atoms. The van der Waals surface area contributed by atoms with Crippen LogP contribution in [0.2, 0.25) is 0 Å². The Morgan fingerprint density at radius 1 is 1.14 bits per heavy atom. The van der Waals surface area contributed by atoms with Crippen LogP contribution in [0, 0.1) is 0 Å². The minimum Gasteiger partial charge on any atom is -0.473 e. The Kier molecular flexibility index (Phi) is 9.93. The monoisotopic (exact) mass is 522 g/mol. The highest BCUT2D eigenvalue weighted by Gasteiger charge is 2.07. The predicted octanol–water partition coefficient (Wildman–Crippen LogP) is 4.59. The maximum atomic E-state index is 5.81. The van der Waals surface area contributed by atoms with Gasteiger partial charge in [-0.1, -0.05) is 36.4 Å². The lowest BCUT2D eigenvalue weighted by molar-refractivity contribution is 0.293. The molecule has 1 N–H and O–H groups in total. The molecule has 0 fully saturated rings. The minimum absolute atomic E-state index is 0. The van der Waals surface area contributed by atoms with Gasteiger partial charge in [-0.3, -0.25) is 4.99 Å². The molecule has 0 unspecified atom stereocenters. The molecular weight excluding hydrogens is 495 g/mol. The number of pyridine rings is 1. The van der Waals surface area contributed by atoms with E-state index < -0.39 is 0 Å². The van der Waals surface area contributed by atoms with E-state index in [4.69, 9.17) is 4.74 Å². The van der Waals surface area contributed by atoms with Gasteiger partial charge in [0.2, 0.25) is 5.88 Å². The lowest BCUT2D eigenvalue weighted by atomic mass is 10.2. The van der Waals surface area contributed by atoms with Crippen LogP contribution in [-0.4, -0.2) is 36.5 Å². The highest BCUT2D eigenvalue weighted by Crippen LogP contribution is 2.12. The lowest BCUT2D eigenvalue weighted by Crippen LogP contribution is -2.39. The van der Waals surface area contributed by atoms with Gasteiger partial charge in [-0.25, -0.2) is 4.98 Å². The zero-order chi connectivity index (χ0) is 19.6. The number of nitrogens with zero attached hydrogens (tertiary/aromatic N) is 3. The third kappa shape index (κ3) is 7.66. The number of benzene rings is 1. The molecule has 0 bridgehead atoms. The molecule has 3 aromatic rings. The lowest BCUT2D eigenvalue weighted by Gasteiger charge is -2.22. The first-order chi connectivity index (χ1) is 13.7. The fourth-order valence-electron chi connectivity index (χ4n) is 2.78. The smallest absolute Gasteiger partial charge is 0.213 e. The van der Waals surface area contributed by atoms with Crippen molar-refractivity contribution < 1.29 is 4.74 Å². The maximum absolute atomic E-state index is 5.81. The van der Waals surface area contributed by atoms with Crippen molar-refractivity contribution in [2.75, 3.05) is 20.6 Å². The van der Waals surface area contributed by atoms with Crippen LogP contribution in [0.5, 0.6) is 5.88 Å². The molecule has 0 atom stereocenters. The van der Waals surface area contributed by atoms with Gasteiger partial charge in [0.1, 0.15) is 6.61 Å². The van der Waals surface area contributed by atoms with E-state index in [9.17, 15) is 0 Å². The molecule has 7 heteroatoms. The van der Waals surface area contributed by atoms with Gasteiger partial charge in [-0.2, -0.15) is 0 Å². The van der Waals surface area contributed by atoms with E-state index in [2.05, 4.69) is 44.8 Å². The van der Waals surface area contributed by atoms with Gasteiger partial charge < -0.3 is 15.0 Å². The van der Waals surface area contributed by atoms with Gasteiger partial charge in [0, 0.05) is 44.3 Å².